The third-order valence-electron chi connectivity index (χ3n) is 4.52. The first-order valence-corrected chi connectivity index (χ1v) is 15.2. The Bertz CT molecular complexity index is 536. The van der Waals surface area contributed by atoms with Crippen LogP contribution in [0, 0.1) is 0 Å². The van der Waals surface area contributed by atoms with Crippen molar-refractivity contribution in [3.05, 3.63) is 53.6 Å². The van der Waals surface area contributed by atoms with Crippen molar-refractivity contribution < 1.29 is 0 Å². The van der Waals surface area contributed by atoms with Gasteiger partial charge in [-0.25, -0.2) is 0 Å². The third kappa shape index (κ3) is 4.55. The normalized spacial score (nSPS) is 19.5. The number of allylic oxidation sites excluding steroid dienone is 4. The van der Waals surface area contributed by atoms with Crippen LogP contribution >= 0.6 is 0 Å². The number of hydrogen-bond acceptors (Lipinski definition) is 0. The molecule has 0 nitrogen and oxygen atoms in total. The predicted octanol–water partition coefficient (Wildman–Crippen LogP) is 5.37. The molecule has 21 heavy (non-hydrogen) atoms. The molecule has 0 saturated heterocycles. The Morgan fingerprint density at radius 1 is 0.952 bits per heavy atom. The highest BCUT2D eigenvalue weighted by atomic mass is 28.3. The van der Waals surface area contributed by atoms with Crippen LogP contribution in [0.25, 0.3) is 0 Å². The van der Waals surface area contributed by atoms with Crippen LogP contribution in [0.3, 0.4) is 0 Å². The molecule has 0 radical (unpaired) electrons. The van der Waals surface area contributed by atoms with Gasteiger partial charge in [-0.05, 0) is 29.5 Å². The Morgan fingerprint density at radius 2 is 1.57 bits per heavy atom. The zero-order valence-electron chi connectivity index (χ0n) is 14.5. The second kappa shape index (κ2) is 6.09. The van der Waals surface area contributed by atoms with Crippen LogP contribution in [-0.2, 0) is 6.42 Å². The van der Waals surface area contributed by atoms with Gasteiger partial charge < -0.3 is 0 Å². The molecule has 0 aromatic heterocycles. The van der Waals surface area contributed by atoms with Crippen molar-refractivity contribution >= 4 is 21.3 Å². The summed E-state index contributed by atoms with van der Waals surface area (Å²) in [5.41, 5.74) is 3.75. The summed E-state index contributed by atoms with van der Waals surface area (Å²) in [6.45, 7) is 14.6. The zero-order valence-corrected chi connectivity index (χ0v) is 16.5. The Labute approximate surface area is 133 Å². The first kappa shape index (κ1) is 16.5. The van der Waals surface area contributed by atoms with Crippen LogP contribution in [0.1, 0.15) is 12.0 Å². The van der Waals surface area contributed by atoms with E-state index in [0.29, 0.717) is 0 Å². The molecule has 0 N–H and O–H groups in total. The molecule has 1 atom stereocenters. The molecule has 1 unspecified atom stereocenters. The van der Waals surface area contributed by atoms with E-state index >= 15 is 0 Å². The minimum atomic E-state index is -1.16. The SMILES string of the molecule is C[Si](C)(C)c1ccc(CC2=CCC([Si](C)(C)C)C=C2)cc1. The topological polar surface area (TPSA) is 0 Å². The Hall–Kier alpha value is -0.866. The Morgan fingerprint density at radius 3 is 2.00 bits per heavy atom. The van der Waals surface area contributed by atoms with E-state index in [1.165, 1.54) is 17.6 Å². The van der Waals surface area contributed by atoms with E-state index in [0.717, 1.165) is 12.0 Å². The second-order valence-corrected chi connectivity index (χ2v) is 19.0. The van der Waals surface area contributed by atoms with Crippen LogP contribution in [0.2, 0.25) is 44.8 Å². The van der Waals surface area contributed by atoms with Crippen LogP contribution in [0.5, 0.6) is 0 Å². The summed E-state index contributed by atoms with van der Waals surface area (Å²) in [4.78, 5) is 0. The lowest BCUT2D eigenvalue weighted by Gasteiger charge is -2.27. The van der Waals surface area contributed by atoms with E-state index in [9.17, 15) is 0 Å². The van der Waals surface area contributed by atoms with Gasteiger partial charge in [0, 0.05) is 0 Å². The van der Waals surface area contributed by atoms with Gasteiger partial charge in [0.1, 0.15) is 0 Å². The van der Waals surface area contributed by atoms with Gasteiger partial charge in [0.05, 0.1) is 16.1 Å². The van der Waals surface area contributed by atoms with Crippen molar-refractivity contribution in [3.63, 3.8) is 0 Å². The van der Waals surface area contributed by atoms with E-state index in [2.05, 4.69) is 81.8 Å². The molecule has 1 aliphatic rings. The lowest BCUT2D eigenvalue weighted by molar-refractivity contribution is 0.950. The van der Waals surface area contributed by atoms with E-state index in [1.54, 1.807) is 5.19 Å². The molecule has 2 heteroatoms. The number of benzene rings is 1. The first-order valence-electron chi connectivity index (χ1n) is 8.13. The molecule has 0 aliphatic heterocycles. The highest BCUT2D eigenvalue weighted by Crippen LogP contribution is 2.32. The monoisotopic (exact) mass is 314 g/mol. The minimum absolute atomic E-state index is 0.815. The zero-order chi connectivity index (χ0) is 15.7. The van der Waals surface area contributed by atoms with Crippen LogP contribution < -0.4 is 5.19 Å². The van der Waals surface area contributed by atoms with Crippen molar-refractivity contribution in [2.75, 3.05) is 0 Å². The molecular formula is C19H30Si2. The molecule has 1 aliphatic carbocycles. The molecule has 0 heterocycles. The quantitative estimate of drug-likeness (QED) is 0.655. The van der Waals surface area contributed by atoms with E-state index in [-0.39, 0.29) is 0 Å². The summed E-state index contributed by atoms with van der Waals surface area (Å²) in [7, 11) is -2.20. The molecule has 114 valence electrons. The fourth-order valence-electron chi connectivity index (χ4n) is 2.80. The van der Waals surface area contributed by atoms with Crippen LogP contribution in [-0.4, -0.2) is 16.1 Å². The maximum atomic E-state index is 2.47. The molecule has 1 aromatic carbocycles. The number of hydrogen-bond donors (Lipinski definition) is 0. The van der Waals surface area contributed by atoms with Crippen molar-refractivity contribution in [1.82, 2.24) is 0 Å². The lowest BCUT2D eigenvalue weighted by atomic mass is 9.99. The fraction of sp³-hybridized carbons (Fsp3) is 0.474. The van der Waals surface area contributed by atoms with Gasteiger partial charge in [0.25, 0.3) is 0 Å². The molecular weight excluding hydrogens is 284 g/mol. The van der Waals surface area contributed by atoms with E-state index in [4.69, 9.17) is 0 Å². The summed E-state index contributed by atoms with van der Waals surface area (Å²) in [6, 6.07) is 9.35. The van der Waals surface area contributed by atoms with Gasteiger partial charge in [-0.1, -0.05) is 87.0 Å². The van der Waals surface area contributed by atoms with Crippen molar-refractivity contribution in [1.29, 1.82) is 0 Å². The fourth-order valence-corrected chi connectivity index (χ4v) is 5.46. The van der Waals surface area contributed by atoms with E-state index in [1.807, 2.05) is 0 Å². The highest BCUT2D eigenvalue weighted by Gasteiger charge is 2.24. The molecule has 0 fully saturated rings. The number of rotatable bonds is 4. The molecule has 2 rings (SSSR count). The summed E-state index contributed by atoms with van der Waals surface area (Å²) in [5, 5.41) is 1.55. The first-order chi connectivity index (χ1) is 9.66. The largest absolute Gasteiger partial charge is 0.0835 e. The van der Waals surface area contributed by atoms with Crippen molar-refractivity contribution in [3.8, 4) is 0 Å². The molecule has 1 aromatic rings. The summed E-state index contributed by atoms with van der Waals surface area (Å²) in [6.07, 6.45) is 9.64. The van der Waals surface area contributed by atoms with Crippen LogP contribution in [0.15, 0.2) is 48.1 Å². The maximum absolute atomic E-state index is 2.47. The predicted molar refractivity (Wildman–Crippen MR) is 102 cm³/mol. The van der Waals surface area contributed by atoms with Crippen molar-refractivity contribution in [2.45, 2.75) is 57.7 Å². The third-order valence-corrected chi connectivity index (χ3v) is 9.24. The summed E-state index contributed by atoms with van der Waals surface area (Å²) < 4.78 is 0. The smallest absolute Gasteiger partial charge is 0.0775 e. The molecule has 0 bridgehead atoms. The van der Waals surface area contributed by atoms with E-state index < -0.39 is 16.1 Å². The van der Waals surface area contributed by atoms with Crippen LogP contribution in [0.4, 0.5) is 0 Å². The lowest BCUT2D eigenvalue weighted by Crippen LogP contribution is -2.37. The van der Waals surface area contributed by atoms with Gasteiger partial charge in [-0.15, -0.1) is 0 Å². The van der Waals surface area contributed by atoms with Gasteiger partial charge in [-0.3, -0.25) is 0 Å². The highest BCUT2D eigenvalue weighted by molar-refractivity contribution is 6.88. The average molecular weight is 315 g/mol. The summed E-state index contributed by atoms with van der Waals surface area (Å²) in [5.74, 6) is 0. The molecule has 0 saturated carbocycles. The molecule has 0 spiro atoms. The van der Waals surface area contributed by atoms with Gasteiger partial charge in [0.15, 0.2) is 0 Å². The average Bonchev–Trinajstić information content (AvgIpc) is 2.38. The van der Waals surface area contributed by atoms with Gasteiger partial charge in [-0.2, -0.15) is 0 Å². The van der Waals surface area contributed by atoms with Gasteiger partial charge >= 0.3 is 0 Å². The minimum Gasteiger partial charge on any atom is -0.0835 e. The summed E-state index contributed by atoms with van der Waals surface area (Å²) >= 11 is 0. The van der Waals surface area contributed by atoms with Crippen molar-refractivity contribution in [2.24, 2.45) is 0 Å². The standard InChI is InChI=1S/C19H30Si2/c1-20(2,3)18-11-7-16(8-12-18)15-17-9-13-19(14-10-17)21(4,5)6/h7-13,19H,14-15H2,1-6H3. The maximum Gasteiger partial charge on any atom is 0.0775 e. The van der Waals surface area contributed by atoms with Gasteiger partial charge in [0.2, 0.25) is 0 Å². The Balaban J connectivity index is 2.01. The second-order valence-electron chi connectivity index (χ2n) is 8.47. The Kier molecular flexibility index (Phi) is 4.79. The molecule has 0 amide bonds.